The molecular formula is C15H15N3OS. The van der Waals surface area contributed by atoms with Gasteiger partial charge in [0.15, 0.2) is 0 Å². The Labute approximate surface area is 121 Å². The predicted octanol–water partition coefficient (Wildman–Crippen LogP) is 3.50. The van der Waals surface area contributed by atoms with Gasteiger partial charge in [0.25, 0.3) is 0 Å². The van der Waals surface area contributed by atoms with Crippen LogP contribution in [0, 0.1) is 0 Å². The van der Waals surface area contributed by atoms with Crippen molar-refractivity contribution >= 4 is 32.9 Å². The Balaban J connectivity index is 1.82. The van der Waals surface area contributed by atoms with Gasteiger partial charge in [-0.15, -0.1) is 11.3 Å². The number of methoxy groups -OCH3 is 1. The van der Waals surface area contributed by atoms with E-state index >= 15 is 0 Å². The number of nitrogens with two attached hydrogens (primary N) is 1. The largest absolute Gasteiger partial charge is 0.497 e. The SMILES string of the molecule is COc1ccc(CNc2c(N)cnc3ccsc23)cc1. The van der Waals surface area contributed by atoms with Crippen LogP contribution in [-0.4, -0.2) is 12.1 Å². The molecule has 102 valence electrons. The first-order chi connectivity index (χ1) is 9.78. The van der Waals surface area contributed by atoms with Crippen LogP contribution in [0.2, 0.25) is 0 Å². The van der Waals surface area contributed by atoms with Crippen LogP contribution in [0.4, 0.5) is 11.4 Å². The Morgan fingerprint density at radius 3 is 2.80 bits per heavy atom. The third-order valence-electron chi connectivity index (χ3n) is 3.13. The van der Waals surface area contributed by atoms with E-state index in [0.29, 0.717) is 12.2 Å². The van der Waals surface area contributed by atoms with E-state index in [-0.39, 0.29) is 0 Å². The second kappa shape index (κ2) is 5.38. The fourth-order valence-corrected chi connectivity index (χ4v) is 2.92. The Bertz CT molecular complexity index is 722. The van der Waals surface area contributed by atoms with Crippen molar-refractivity contribution in [3.05, 3.63) is 47.5 Å². The lowest BCUT2D eigenvalue weighted by atomic mass is 10.2. The van der Waals surface area contributed by atoms with Crippen molar-refractivity contribution in [2.75, 3.05) is 18.2 Å². The van der Waals surface area contributed by atoms with Crippen LogP contribution in [0.5, 0.6) is 5.75 Å². The number of benzene rings is 1. The van der Waals surface area contributed by atoms with Gasteiger partial charge in [0, 0.05) is 6.54 Å². The molecule has 0 aliphatic rings. The van der Waals surface area contributed by atoms with E-state index in [0.717, 1.165) is 21.7 Å². The predicted molar refractivity (Wildman–Crippen MR) is 84.4 cm³/mol. The van der Waals surface area contributed by atoms with Gasteiger partial charge in [0.05, 0.1) is 34.9 Å². The normalized spacial score (nSPS) is 10.7. The van der Waals surface area contributed by atoms with Crippen molar-refractivity contribution in [1.82, 2.24) is 4.98 Å². The van der Waals surface area contributed by atoms with Crippen molar-refractivity contribution in [2.45, 2.75) is 6.54 Å². The molecule has 0 aliphatic heterocycles. The molecule has 3 aromatic rings. The van der Waals surface area contributed by atoms with Gasteiger partial charge in [0.1, 0.15) is 5.75 Å². The molecule has 1 aromatic carbocycles. The summed E-state index contributed by atoms with van der Waals surface area (Å²) < 4.78 is 6.25. The summed E-state index contributed by atoms with van der Waals surface area (Å²) in [4.78, 5) is 4.31. The van der Waals surface area contributed by atoms with Crippen molar-refractivity contribution in [1.29, 1.82) is 0 Å². The van der Waals surface area contributed by atoms with Gasteiger partial charge in [-0.05, 0) is 29.1 Å². The molecule has 0 radical (unpaired) electrons. The Morgan fingerprint density at radius 1 is 1.25 bits per heavy atom. The van der Waals surface area contributed by atoms with E-state index in [2.05, 4.69) is 10.3 Å². The number of nitrogens with zero attached hydrogens (tertiary/aromatic N) is 1. The lowest BCUT2D eigenvalue weighted by Crippen LogP contribution is -2.03. The average Bonchev–Trinajstić information content (AvgIpc) is 2.95. The van der Waals surface area contributed by atoms with E-state index in [4.69, 9.17) is 10.5 Å². The number of anilines is 2. The molecule has 0 atom stereocenters. The third-order valence-corrected chi connectivity index (χ3v) is 4.05. The minimum atomic E-state index is 0.675. The fourth-order valence-electron chi connectivity index (χ4n) is 2.04. The van der Waals surface area contributed by atoms with Gasteiger partial charge in [0.2, 0.25) is 0 Å². The number of rotatable bonds is 4. The summed E-state index contributed by atoms with van der Waals surface area (Å²) in [6.45, 7) is 0.713. The molecule has 0 saturated carbocycles. The maximum Gasteiger partial charge on any atom is 0.118 e. The van der Waals surface area contributed by atoms with Crippen molar-refractivity contribution in [2.24, 2.45) is 0 Å². The number of thiophene rings is 1. The minimum Gasteiger partial charge on any atom is -0.497 e. The lowest BCUT2D eigenvalue weighted by molar-refractivity contribution is 0.414. The molecular weight excluding hydrogens is 270 g/mol. The fraction of sp³-hybridized carbons (Fsp3) is 0.133. The Morgan fingerprint density at radius 2 is 2.05 bits per heavy atom. The number of pyridine rings is 1. The van der Waals surface area contributed by atoms with Gasteiger partial charge in [-0.25, -0.2) is 0 Å². The summed E-state index contributed by atoms with van der Waals surface area (Å²) in [5.74, 6) is 0.859. The van der Waals surface area contributed by atoms with E-state index in [1.54, 1.807) is 24.6 Å². The smallest absolute Gasteiger partial charge is 0.118 e. The summed E-state index contributed by atoms with van der Waals surface area (Å²) >= 11 is 1.64. The van der Waals surface area contributed by atoms with Crippen molar-refractivity contribution in [3.8, 4) is 5.75 Å². The molecule has 5 heteroatoms. The average molecular weight is 285 g/mol. The molecule has 0 saturated heterocycles. The summed E-state index contributed by atoms with van der Waals surface area (Å²) in [6.07, 6.45) is 1.70. The molecule has 4 nitrogen and oxygen atoms in total. The van der Waals surface area contributed by atoms with Crippen LogP contribution in [0.1, 0.15) is 5.56 Å². The first kappa shape index (κ1) is 12.7. The maximum atomic E-state index is 6.02. The van der Waals surface area contributed by atoms with E-state index in [9.17, 15) is 0 Å². The van der Waals surface area contributed by atoms with Crippen molar-refractivity contribution < 1.29 is 4.74 Å². The molecule has 0 bridgehead atoms. The molecule has 0 fully saturated rings. The zero-order chi connectivity index (χ0) is 13.9. The zero-order valence-electron chi connectivity index (χ0n) is 11.1. The van der Waals surface area contributed by atoms with Crippen molar-refractivity contribution in [3.63, 3.8) is 0 Å². The van der Waals surface area contributed by atoms with Gasteiger partial charge in [-0.2, -0.15) is 0 Å². The van der Waals surface area contributed by atoms with Crippen LogP contribution in [0.15, 0.2) is 41.9 Å². The summed E-state index contributed by atoms with van der Waals surface area (Å²) in [5, 5.41) is 5.42. The highest BCUT2D eigenvalue weighted by atomic mass is 32.1. The molecule has 0 amide bonds. The molecule has 0 aliphatic carbocycles. The highest BCUT2D eigenvalue weighted by Gasteiger charge is 2.07. The van der Waals surface area contributed by atoms with E-state index in [1.165, 1.54) is 5.56 Å². The molecule has 3 N–H and O–H groups in total. The minimum absolute atomic E-state index is 0.675. The Kier molecular flexibility index (Phi) is 3.43. The molecule has 2 heterocycles. The molecule has 2 aromatic heterocycles. The van der Waals surface area contributed by atoms with Gasteiger partial charge in [-0.3, -0.25) is 4.98 Å². The maximum absolute atomic E-state index is 6.02. The quantitative estimate of drug-likeness (QED) is 0.770. The third kappa shape index (κ3) is 2.40. The van der Waals surface area contributed by atoms with Crippen LogP contribution in [0.25, 0.3) is 10.2 Å². The number of hydrogen-bond acceptors (Lipinski definition) is 5. The summed E-state index contributed by atoms with van der Waals surface area (Å²) in [7, 11) is 1.67. The number of aromatic nitrogens is 1. The Hall–Kier alpha value is -2.27. The molecule has 3 rings (SSSR count). The summed E-state index contributed by atoms with van der Waals surface area (Å²) in [5.41, 5.74) is 9.80. The van der Waals surface area contributed by atoms with Crippen LogP contribution in [0.3, 0.4) is 0 Å². The van der Waals surface area contributed by atoms with E-state index in [1.807, 2.05) is 35.7 Å². The van der Waals surface area contributed by atoms with Crippen LogP contribution < -0.4 is 15.8 Å². The topological polar surface area (TPSA) is 60.2 Å². The standard InChI is InChI=1S/C15H15N3OS/c1-19-11-4-2-10(3-5-11)8-18-14-12(16)9-17-13-6-7-20-15(13)14/h2-7,9H,8,16H2,1H3,(H,17,18). The number of fused-ring (bicyclic) bond motifs is 1. The molecule has 0 spiro atoms. The number of nitrogens with one attached hydrogen (secondary N) is 1. The highest BCUT2D eigenvalue weighted by molar-refractivity contribution is 7.17. The second-order valence-corrected chi connectivity index (χ2v) is 5.34. The molecule has 20 heavy (non-hydrogen) atoms. The number of nitrogen functional groups attached to an aromatic ring is 1. The van der Waals surface area contributed by atoms with Gasteiger partial charge in [-0.1, -0.05) is 12.1 Å². The molecule has 0 unspecified atom stereocenters. The second-order valence-electron chi connectivity index (χ2n) is 4.43. The zero-order valence-corrected chi connectivity index (χ0v) is 11.9. The van der Waals surface area contributed by atoms with Crippen LogP contribution >= 0.6 is 11.3 Å². The van der Waals surface area contributed by atoms with Gasteiger partial charge >= 0.3 is 0 Å². The van der Waals surface area contributed by atoms with Crippen LogP contribution in [-0.2, 0) is 6.54 Å². The van der Waals surface area contributed by atoms with Gasteiger partial charge < -0.3 is 15.8 Å². The summed E-state index contributed by atoms with van der Waals surface area (Å²) in [6, 6.07) is 9.98. The first-order valence-corrected chi connectivity index (χ1v) is 7.14. The first-order valence-electron chi connectivity index (χ1n) is 6.26. The monoisotopic (exact) mass is 285 g/mol. The highest BCUT2D eigenvalue weighted by Crippen LogP contribution is 2.32. The number of ether oxygens (including phenoxy) is 1. The lowest BCUT2D eigenvalue weighted by Gasteiger charge is -2.10. The van der Waals surface area contributed by atoms with E-state index < -0.39 is 0 Å². The number of hydrogen-bond donors (Lipinski definition) is 2.